The van der Waals surface area contributed by atoms with Gasteiger partial charge in [-0.05, 0) is 25.1 Å². The molecule has 5 nitrogen and oxygen atoms in total. The van der Waals surface area contributed by atoms with Crippen LogP contribution in [0.15, 0.2) is 38.6 Å². The van der Waals surface area contributed by atoms with Crippen LogP contribution in [0.1, 0.15) is 12.5 Å². The Hall–Kier alpha value is -2.30. The Bertz CT molecular complexity index is 642. The number of hydrogen-bond acceptors (Lipinski definition) is 5. The summed E-state index contributed by atoms with van der Waals surface area (Å²) in [5, 5.41) is 12.4. The summed E-state index contributed by atoms with van der Waals surface area (Å²) in [6.45, 7) is 1.53. The Morgan fingerprint density at radius 2 is 2.18 bits per heavy atom. The van der Waals surface area contributed by atoms with Crippen molar-refractivity contribution in [2.75, 3.05) is 7.11 Å². The van der Waals surface area contributed by atoms with Gasteiger partial charge in [-0.2, -0.15) is 0 Å². The zero-order valence-electron chi connectivity index (χ0n) is 9.43. The van der Waals surface area contributed by atoms with E-state index in [0.29, 0.717) is 11.3 Å². The Kier molecular flexibility index (Phi) is 2.82. The average Bonchev–Trinajstić information content (AvgIpc) is 2.36. The lowest BCUT2D eigenvalue weighted by Gasteiger charge is -2.03. The van der Waals surface area contributed by atoms with E-state index in [1.807, 2.05) is 0 Å². The summed E-state index contributed by atoms with van der Waals surface area (Å²) in [5.41, 5.74) is 0.353. The van der Waals surface area contributed by atoms with E-state index < -0.39 is 5.63 Å². The minimum Gasteiger partial charge on any atom is -0.497 e. The first-order valence-electron chi connectivity index (χ1n) is 4.96. The Balaban J connectivity index is 2.71. The summed E-state index contributed by atoms with van der Waals surface area (Å²) in [7, 11) is 1.54. The van der Waals surface area contributed by atoms with E-state index in [0.717, 1.165) is 5.39 Å². The first-order chi connectivity index (χ1) is 8.15. The predicted octanol–water partition coefficient (Wildman–Crippen LogP) is 2.00. The molecule has 0 amide bonds. The Labute approximate surface area is 96.9 Å². The standard InChI is InChI=1S/C12H11NO4/c1-7(13-15)10-5-8-3-4-9(16-2)6-11(8)17-12(10)14/h3-6,15H,1-2H3/b13-7+. The van der Waals surface area contributed by atoms with Crippen molar-refractivity contribution in [3.8, 4) is 5.75 Å². The van der Waals surface area contributed by atoms with Crippen LogP contribution in [-0.2, 0) is 0 Å². The van der Waals surface area contributed by atoms with Crippen molar-refractivity contribution in [3.63, 3.8) is 0 Å². The number of ether oxygens (including phenoxy) is 1. The molecule has 0 radical (unpaired) electrons. The highest BCUT2D eigenvalue weighted by Crippen LogP contribution is 2.20. The van der Waals surface area contributed by atoms with Crippen LogP contribution in [0.3, 0.4) is 0 Å². The van der Waals surface area contributed by atoms with Crippen LogP contribution in [0.5, 0.6) is 5.75 Å². The van der Waals surface area contributed by atoms with Crippen molar-refractivity contribution in [1.29, 1.82) is 0 Å². The van der Waals surface area contributed by atoms with Crippen LogP contribution in [0.25, 0.3) is 11.0 Å². The molecule has 2 rings (SSSR count). The maximum absolute atomic E-state index is 11.6. The number of oxime groups is 1. The van der Waals surface area contributed by atoms with Crippen molar-refractivity contribution in [2.24, 2.45) is 5.16 Å². The lowest BCUT2D eigenvalue weighted by Crippen LogP contribution is -2.11. The molecule has 0 saturated heterocycles. The van der Waals surface area contributed by atoms with Gasteiger partial charge in [-0.1, -0.05) is 5.16 Å². The Morgan fingerprint density at radius 3 is 2.82 bits per heavy atom. The van der Waals surface area contributed by atoms with Crippen molar-refractivity contribution in [3.05, 3.63) is 40.2 Å². The molecule has 1 aromatic heterocycles. The summed E-state index contributed by atoms with van der Waals surface area (Å²) in [6, 6.07) is 6.78. The molecule has 17 heavy (non-hydrogen) atoms. The largest absolute Gasteiger partial charge is 0.497 e. The number of benzene rings is 1. The number of fused-ring (bicyclic) bond motifs is 1. The van der Waals surface area contributed by atoms with Crippen molar-refractivity contribution < 1.29 is 14.4 Å². The van der Waals surface area contributed by atoms with E-state index in [1.165, 1.54) is 14.0 Å². The van der Waals surface area contributed by atoms with E-state index >= 15 is 0 Å². The molecule has 0 aliphatic rings. The van der Waals surface area contributed by atoms with Gasteiger partial charge < -0.3 is 14.4 Å². The normalized spacial score (nSPS) is 11.8. The SMILES string of the molecule is COc1ccc2cc(/C(C)=N/O)c(=O)oc2c1. The zero-order chi connectivity index (χ0) is 12.4. The highest BCUT2D eigenvalue weighted by Gasteiger charge is 2.09. The van der Waals surface area contributed by atoms with Gasteiger partial charge in [0.2, 0.25) is 0 Å². The van der Waals surface area contributed by atoms with Crippen molar-refractivity contribution >= 4 is 16.7 Å². The molecular formula is C12H11NO4. The molecule has 0 spiro atoms. The minimum atomic E-state index is -0.541. The second kappa shape index (κ2) is 4.29. The van der Waals surface area contributed by atoms with Crippen molar-refractivity contribution in [1.82, 2.24) is 0 Å². The molecule has 5 heteroatoms. The third-order valence-electron chi connectivity index (χ3n) is 2.48. The molecule has 0 bridgehead atoms. The summed E-state index contributed by atoms with van der Waals surface area (Å²) in [4.78, 5) is 11.6. The fourth-order valence-corrected chi connectivity index (χ4v) is 1.52. The number of rotatable bonds is 2. The van der Waals surface area contributed by atoms with Gasteiger partial charge in [0.05, 0.1) is 18.4 Å². The van der Waals surface area contributed by atoms with Gasteiger partial charge in [0, 0.05) is 11.5 Å². The molecule has 0 atom stereocenters. The number of nitrogens with zero attached hydrogens (tertiary/aromatic N) is 1. The van der Waals surface area contributed by atoms with Gasteiger partial charge in [0.1, 0.15) is 11.3 Å². The fourth-order valence-electron chi connectivity index (χ4n) is 1.52. The highest BCUT2D eigenvalue weighted by atomic mass is 16.5. The first kappa shape index (κ1) is 11.2. The van der Waals surface area contributed by atoms with E-state index in [9.17, 15) is 4.79 Å². The predicted molar refractivity (Wildman–Crippen MR) is 63.0 cm³/mol. The van der Waals surface area contributed by atoms with Crippen LogP contribution >= 0.6 is 0 Å². The molecule has 0 saturated carbocycles. The van der Waals surface area contributed by atoms with E-state index in [2.05, 4.69) is 5.16 Å². The van der Waals surface area contributed by atoms with Gasteiger partial charge in [-0.3, -0.25) is 0 Å². The lowest BCUT2D eigenvalue weighted by atomic mass is 10.1. The third kappa shape index (κ3) is 1.99. The summed E-state index contributed by atoms with van der Waals surface area (Å²) >= 11 is 0. The third-order valence-corrected chi connectivity index (χ3v) is 2.48. The monoisotopic (exact) mass is 233 g/mol. The second-order valence-electron chi connectivity index (χ2n) is 3.54. The van der Waals surface area contributed by atoms with Gasteiger partial charge in [-0.25, -0.2) is 4.79 Å². The zero-order valence-corrected chi connectivity index (χ0v) is 9.43. The highest BCUT2D eigenvalue weighted by molar-refractivity contribution is 6.00. The summed E-state index contributed by atoms with van der Waals surface area (Å²) < 4.78 is 10.2. The molecule has 1 aromatic carbocycles. The Morgan fingerprint density at radius 1 is 1.41 bits per heavy atom. The van der Waals surface area contributed by atoms with Gasteiger partial charge in [0.25, 0.3) is 0 Å². The second-order valence-corrected chi connectivity index (χ2v) is 3.54. The molecule has 0 aliphatic heterocycles. The van der Waals surface area contributed by atoms with Crippen molar-refractivity contribution in [2.45, 2.75) is 6.92 Å². The number of methoxy groups -OCH3 is 1. The minimum absolute atomic E-state index is 0.219. The van der Waals surface area contributed by atoms with E-state index in [-0.39, 0.29) is 11.3 Å². The molecule has 1 N–H and O–H groups in total. The van der Waals surface area contributed by atoms with Gasteiger partial charge in [0.15, 0.2) is 0 Å². The van der Waals surface area contributed by atoms with Gasteiger partial charge >= 0.3 is 5.63 Å². The fraction of sp³-hybridized carbons (Fsp3) is 0.167. The van der Waals surface area contributed by atoms with Gasteiger partial charge in [-0.15, -0.1) is 0 Å². The van der Waals surface area contributed by atoms with Crippen LogP contribution in [0.2, 0.25) is 0 Å². The molecular weight excluding hydrogens is 222 g/mol. The lowest BCUT2D eigenvalue weighted by molar-refractivity contribution is 0.319. The molecule has 0 unspecified atom stereocenters. The molecule has 2 aromatic rings. The maximum atomic E-state index is 11.6. The van der Waals surface area contributed by atoms with Crippen LogP contribution in [-0.4, -0.2) is 18.0 Å². The molecule has 0 aliphatic carbocycles. The quantitative estimate of drug-likeness (QED) is 0.372. The first-order valence-corrected chi connectivity index (χ1v) is 4.96. The smallest absolute Gasteiger partial charge is 0.345 e. The van der Waals surface area contributed by atoms with E-state index in [1.54, 1.807) is 24.3 Å². The molecule has 88 valence electrons. The summed E-state index contributed by atoms with van der Waals surface area (Å²) in [5.74, 6) is 0.612. The van der Waals surface area contributed by atoms with Crippen LogP contribution in [0, 0.1) is 0 Å². The average molecular weight is 233 g/mol. The topological polar surface area (TPSA) is 72.0 Å². The van der Waals surface area contributed by atoms with Crippen LogP contribution in [0.4, 0.5) is 0 Å². The molecule has 0 fully saturated rings. The summed E-state index contributed by atoms with van der Waals surface area (Å²) in [6.07, 6.45) is 0. The molecule has 1 heterocycles. The van der Waals surface area contributed by atoms with E-state index in [4.69, 9.17) is 14.4 Å². The van der Waals surface area contributed by atoms with Crippen LogP contribution < -0.4 is 10.4 Å². The maximum Gasteiger partial charge on any atom is 0.345 e. The number of hydrogen-bond donors (Lipinski definition) is 1.